The second-order valence-corrected chi connectivity index (χ2v) is 9.22. The predicted molar refractivity (Wildman–Crippen MR) is 119 cm³/mol. The van der Waals surface area contributed by atoms with Gasteiger partial charge < -0.3 is 15.0 Å². The van der Waals surface area contributed by atoms with Gasteiger partial charge in [0, 0.05) is 25.2 Å². The Hall–Kier alpha value is -2.64. The molecular formula is C24H32F2N4O2. The van der Waals surface area contributed by atoms with Gasteiger partial charge in [-0.05, 0) is 64.5 Å². The number of halogens is 2. The number of benzene rings is 1. The smallest absolute Gasteiger partial charge is 0.263 e. The van der Waals surface area contributed by atoms with Crippen LogP contribution in [0.15, 0.2) is 24.3 Å². The molecule has 1 aromatic carbocycles. The standard InChI is InChI=1S/C24H32F2N4O2/c1-14-7-8-21(15(2)10-14)32-17(4)24(31)29-9-5-6-18(13-29)19-12-20(23(25)26)30-22(27-19)11-16(3)28-30/h7-8,10-11,17-20,23,27H,5-6,9,12-13H2,1-4H3/t17-,18+,19-,20+/m0/s1. The van der Waals surface area contributed by atoms with Crippen LogP contribution in [-0.4, -0.2) is 52.2 Å². The molecule has 0 spiro atoms. The molecule has 1 aromatic heterocycles. The number of amides is 1. The van der Waals surface area contributed by atoms with Crippen molar-refractivity contribution in [3.8, 4) is 5.75 Å². The van der Waals surface area contributed by atoms with Gasteiger partial charge in [0.15, 0.2) is 6.10 Å². The molecular weight excluding hydrogens is 414 g/mol. The minimum absolute atomic E-state index is 0.0585. The summed E-state index contributed by atoms with van der Waals surface area (Å²) in [4.78, 5) is 15.0. The van der Waals surface area contributed by atoms with Crippen molar-refractivity contribution in [3.05, 3.63) is 41.1 Å². The maximum atomic E-state index is 13.8. The van der Waals surface area contributed by atoms with Gasteiger partial charge in [0.2, 0.25) is 0 Å². The van der Waals surface area contributed by atoms with Crippen LogP contribution < -0.4 is 10.1 Å². The lowest BCUT2D eigenvalue weighted by atomic mass is 9.86. The van der Waals surface area contributed by atoms with Crippen LogP contribution in [0, 0.1) is 26.7 Å². The van der Waals surface area contributed by atoms with Crippen LogP contribution in [0.1, 0.15) is 49.0 Å². The lowest BCUT2D eigenvalue weighted by Crippen LogP contribution is -2.50. The SMILES string of the molecule is Cc1ccc(O[C@@H](C)C(=O)N2CCC[C@@H]([C@@H]3C[C@H](C(F)F)n4nc(C)cc4N3)C2)c(C)c1. The molecule has 2 aliphatic heterocycles. The molecule has 174 valence electrons. The molecule has 1 amide bonds. The lowest BCUT2D eigenvalue weighted by Gasteiger charge is -2.41. The van der Waals surface area contributed by atoms with Crippen molar-refractivity contribution < 1.29 is 18.3 Å². The molecule has 4 atom stereocenters. The monoisotopic (exact) mass is 446 g/mol. The lowest BCUT2D eigenvalue weighted by molar-refractivity contribution is -0.140. The van der Waals surface area contributed by atoms with Crippen molar-refractivity contribution in [2.45, 2.75) is 71.6 Å². The third-order valence-corrected chi connectivity index (χ3v) is 6.61. The number of aryl methyl sites for hydroxylation is 3. The zero-order valence-corrected chi connectivity index (χ0v) is 19.1. The van der Waals surface area contributed by atoms with E-state index in [0.29, 0.717) is 31.1 Å². The van der Waals surface area contributed by atoms with Crippen molar-refractivity contribution in [3.63, 3.8) is 0 Å². The minimum atomic E-state index is -2.48. The summed E-state index contributed by atoms with van der Waals surface area (Å²) < 4.78 is 34.9. The van der Waals surface area contributed by atoms with Crippen LogP contribution in [-0.2, 0) is 4.79 Å². The Morgan fingerprint density at radius 3 is 2.75 bits per heavy atom. The zero-order valence-electron chi connectivity index (χ0n) is 19.1. The van der Waals surface area contributed by atoms with Crippen LogP contribution in [0.5, 0.6) is 5.75 Å². The van der Waals surface area contributed by atoms with Gasteiger partial charge >= 0.3 is 0 Å². The number of nitrogens with one attached hydrogen (secondary N) is 1. The highest BCUT2D eigenvalue weighted by Crippen LogP contribution is 2.36. The first-order valence-electron chi connectivity index (χ1n) is 11.4. The molecule has 1 fully saturated rings. The molecule has 32 heavy (non-hydrogen) atoms. The van der Waals surface area contributed by atoms with Crippen molar-refractivity contribution >= 4 is 11.7 Å². The van der Waals surface area contributed by atoms with E-state index in [1.54, 1.807) is 6.92 Å². The Kier molecular flexibility index (Phi) is 6.40. The molecule has 0 bridgehead atoms. The number of nitrogens with zero attached hydrogens (tertiary/aromatic N) is 3. The minimum Gasteiger partial charge on any atom is -0.481 e. The molecule has 4 rings (SSSR count). The van der Waals surface area contributed by atoms with E-state index < -0.39 is 18.6 Å². The molecule has 0 saturated carbocycles. The first kappa shape index (κ1) is 22.6. The highest BCUT2D eigenvalue weighted by atomic mass is 19.3. The van der Waals surface area contributed by atoms with E-state index >= 15 is 0 Å². The van der Waals surface area contributed by atoms with E-state index in [1.807, 2.05) is 49.9 Å². The Balaban J connectivity index is 1.43. The largest absolute Gasteiger partial charge is 0.481 e. The molecule has 8 heteroatoms. The summed E-state index contributed by atoms with van der Waals surface area (Å²) in [6.07, 6.45) is -1.04. The van der Waals surface area contributed by atoms with Crippen molar-refractivity contribution in [2.75, 3.05) is 18.4 Å². The first-order chi connectivity index (χ1) is 15.2. The molecule has 0 radical (unpaired) electrons. The van der Waals surface area contributed by atoms with Gasteiger partial charge in [-0.3, -0.25) is 4.79 Å². The van der Waals surface area contributed by atoms with Crippen LogP contribution in [0.25, 0.3) is 0 Å². The van der Waals surface area contributed by atoms with E-state index in [1.165, 1.54) is 4.68 Å². The topological polar surface area (TPSA) is 59.4 Å². The Bertz CT molecular complexity index is 977. The molecule has 1 N–H and O–H groups in total. The number of fused-ring (bicyclic) bond motifs is 1. The van der Waals surface area contributed by atoms with E-state index in [9.17, 15) is 13.6 Å². The third-order valence-electron chi connectivity index (χ3n) is 6.61. The maximum absolute atomic E-state index is 13.8. The molecule has 0 unspecified atom stereocenters. The van der Waals surface area contributed by atoms with Crippen molar-refractivity contribution in [2.24, 2.45) is 5.92 Å². The number of carbonyl (C=O) groups excluding carboxylic acids is 1. The average Bonchev–Trinajstić information content (AvgIpc) is 3.14. The summed E-state index contributed by atoms with van der Waals surface area (Å²) in [5, 5.41) is 7.66. The summed E-state index contributed by atoms with van der Waals surface area (Å²) in [5.41, 5.74) is 2.86. The summed E-state index contributed by atoms with van der Waals surface area (Å²) in [6, 6.07) is 6.65. The van der Waals surface area contributed by atoms with Crippen LogP contribution in [0.4, 0.5) is 14.6 Å². The highest BCUT2D eigenvalue weighted by Gasteiger charge is 2.39. The normalized spacial score (nSPS) is 24.1. The Morgan fingerprint density at radius 1 is 1.25 bits per heavy atom. The molecule has 1 saturated heterocycles. The second kappa shape index (κ2) is 9.08. The Morgan fingerprint density at radius 2 is 2.03 bits per heavy atom. The number of alkyl halides is 2. The van der Waals surface area contributed by atoms with Gasteiger partial charge in [-0.1, -0.05) is 17.7 Å². The number of hydrogen-bond acceptors (Lipinski definition) is 4. The van der Waals surface area contributed by atoms with Gasteiger partial charge in [0.25, 0.3) is 12.3 Å². The number of piperidine rings is 1. The number of anilines is 1. The molecule has 6 nitrogen and oxygen atoms in total. The van der Waals surface area contributed by atoms with E-state index in [4.69, 9.17) is 4.74 Å². The van der Waals surface area contributed by atoms with Gasteiger partial charge in [-0.2, -0.15) is 5.10 Å². The first-order valence-corrected chi connectivity index (χ1v) is 11.4. The zero-order chi connectivity index (χ0) is 23.0. The number of rotatable bonds is 5. The molecule has 2 aliphatic rings. The number of likely N-dealkylation sites (tertiary alicyclic amines) is 1. The summed E-state index contributed by atoms with van der Waals surface area (Å²) >= 11 is 0. The van der Waals surface area contributed by atoms with Crippen molar-refractivity contribution in [1.82, 2.24) is 14.7 Å². The molecule has 2 aromatic rings. The Labute approximate surface area is 187 Å². The number of carbonyl (C=O) groups is 1. The fourth-order valence-corrected chi connectivity index (χ4v) is 4.97. The van der Waals surface area contributed by atoms with E-state index in [-0.39, 0.29) is 17.9 Å². The van der Waals surface area contributed by atoms with Gasteiger partial charge in [0.05, 0.1) is 5.69 Å². The number of hydrogen-bond donors (Lipinski definition) is 1. The molecule has 3 heterocycles. The fraction of sp³-hybridized carbons (Fsp3) is 0.583. The highest BCUT2D eigenvalue weighted by molar-refractivity contribution is 5.81. The molecule has 0 aliphatic carbocycles. The van der Waals surface area contributed by atoms with Crippen LogP contribution in [0.3, 0.4) is 0 Å². The van der Waals surface area contributed by atoms with Crippen LogP contribution in [0.2, 0.25) is 0 Å². The van der Waals surface area contributed by atoms with Crippen molar-refractivity contribution in [1.29, 1.82) is 0 Å². The van der Waals surface area contributed by atoms with E-state index in [0.717, 1.165) is 29.7 Å². The summed E-state index contributed by atoms with van der Waals surface area (Å²) in [5.74, 6) is 1.39. The van der Waals surface area contributed by atoms with E-state index in [2.05, 4.69) is 10.4 Å². The number of aromatic nitrogens is 2. The summed E-state index contributed by atoms with van der Waals surface area (Å²) in [7, 11) is 0. The second-order valence-electron chi connectivity index (χ2n) is 9.22. The summed E-state index contributed by atoms with van der Waals surface area (Å²) in [6.45, 7) is 8.78. The predicted octanol–water partition coefficient (Wildman–Crippen LogP) is 4.50. The third kappa shape index (κ3) is 4.59. The van der Waals surface area contributed by atoms with Gasteiger partial charge in [-0.15, -0.1) is 0 Å². The van der Waals surface area contributed by atoms with Crippen LogP contribution >= 0.6 is 0 Å². The average molecular weight is 447 g/mol. The fourth-order valence-electron chi connectivity index (χ4n) is 4.97. The van der Waals surface area contributed by atoms with Gasteiger partial charge in [0.1, 0.15) is 17.6 Å². The number of ether oxygens (including phenoxy) is 1. The maximum Gasteiger partial charge on any atom is 0.263 e. The van der Waals surface area contributed by atoms with Gasteiger partial charge in [-0.25, -0.2) is 13.5 Å². The quantitative estimate of drug-likeness (QED) is 0.735.